The van der Waals surface area contributed by atoms with Crippen molar-refractivity contribution in [2.75, 3.05) is 5.32 Å². The standard InChI is InChI=1S/C26H42N4O6S2/c1-13(4-7-21(34)28-23-29-30-24(37-23)38(27,35)36)16-5-6-17-22-18(12-20(33)26(16,17)3)25(2)9-8-15(31)10-14(25)11-19(22)32/h13-20,22,31-33H,4-12H2,1-3H3,(H2,27,35,36)(H,28,29,34)/t13-,14+,15-,16-,17+,18+,19-,20+,22+,25+,26-/m1/s1. The zero-order chi connectivity index (χ0) is 27.6. The molecule has 0 aliphatic heterocycles. The summed E-state index contributed by atoms with van der Waals surface area (Å²) in [6.07, 6.45) is 5.56. The number of primary sulfonamides is 1. The first-order valence-corrected chi connectivity index (χ1v) is 16.3. The van der Waals surface area contributed by atoms with Gasteiger partial charge in [0.15, 0.2) is 0 Å². The van der Waals surface area contributed by atoms with Crippen LogP contribution in [0.2, 0.25) is 0 Å². The largest absolute Gasteiger partial charge is 0.393 e. The van der Waals surface area contributed by atoms with Gasteiger partial charge in [-0.05, 0) is 97.7 Å². The van der Waals surface area contributed by atoms with Crippen molar-refractivity contribution in [3.05, 3.63) is 0 Å². The van der Waals surface area contributed by atoms with Crippen LogP contribution in [0.1, 0.15) is 78.6 Å². The van der Waals surface area contributed by atoms with Crippen molar-refractivity contribution in [3.8, 4) is 0 Å². The first-order chi connectivity index (χ1) is 17.7. The third kappa shape index (κ3) is 4.72. The second kappa shape index (κ2) is 10.0. The lowest BCUT2D eigenvalue weighted by Gasteiger charge is -2.63. The minimum absolute atomic E-state index is 0.0427. The fourth-order valence-corrected chi connectivity index (χ4v) is 10.6. The van der Waals surface area contributed by atoms with Gasteiger partial charge in [-0.1, -0.05) is 32.1 Å². The van der Waals surface area contributed by atoms with E-state index in [2.05, 4.69) is 36.3 Å². The summed E-state index contributed by atoms with van der Waals surface area (Å²) in [4.78, 5) is 12.6. The number of nitrogens with two attached hydrogens (primary N) is 1. The molecule has 4 aliphatic rings. The number of aromatic nitrogens is 2. The van der Waals surface area contributed by atoms with Gasteiger partial charge in [0.05, 0.1) is 18.3 Å². The molecule has 10 nitrogen and oxygen atoms in total. The lowest BCUT2D eigenvalue weighted by Crippen LogP contribution is -2.62. The normalized spacial score (nSPS) is 43.6. The van der Waals surface area contributed by atoms with E-state index in [-0.39, 0.29) is 68.3 Å². The minimum atomic E-state index is -3.96. The van der Waals surface area contributed by atoms with Crippen LogP contribution in [-0.4, -0.2) is 58.2 Å². The van der Waals surface area contributed by atoms with E-state index in [0.717, 1.165) is 49.9 Å². The molecule has 5 rings (SSSR count). The number of nitrogens with one attached hydrogen (secondary N) is 1. The molecular formula is C26H42N4O6S2. The first kappa shape index (κ1) is 28.4. The highest BCUT2D eigenvalue weighted by Crippen LogP contribution is 2.68. The maximum Gasteiger partial charge on any atom is 0.267 e. The van der Waals surface area contributed by atoms with Crippen molar-refractivity contribution in [1.29, 1.82) is 0 Å². The highest BCUT2D eigenvalue weighted by Gasteiger charge is 2.65. The molecule has 1 aromatic rings. The van der Waals surface area contributed by atoms with Crippen LogP contribution in [0.3, 0.4) is 0 Å². The van der Waals surface area contributed by atoms with Crippen LogP contribution < -0.4 is 10.5 Å². The molecule has 4 fully saturated rings. The molecule has 0 bridgehead atoms. The van der Waals surface area contributed by atoms with Crippen molar-refractivity contribution < 1.29 is 28.5 Å². The number of carbonyl (C=O) groups excluding carboxylic acids is 1. The van der Waals surface area contributed by atoms with Crippen LogP contribution in [0, 0.1) is 46.3 Å². The van der Waals surface area contributed by atoms with E-state index in [0.29, 0.717) is 18.8 Å². The Bertz CT molecular complexity index is 1160. The third-order valence-electron chi connectivity index (χ3n) is 11.2. The number of anilines is 1. The van der Waals surface area contributed by atoms with Crippen molar-refractivity contribution in [1.82, 2.24) is 10.2 Å². The number of aliphatic hydroxyl groups is 3. The highest BCUT2D eigenvalue weighted by molar-refractivity contribution is 7.91. The Morgan fingerprint density at radius 1 is 1.13 bits per heavy atom. The summed E-state index contributed by atoms with van der Waals surface area (Å²) in [5.74, 6) is 1.09. The summed E-state index contributed by atoms with van der Waals surface area (Å²) in [5, 5.41) is 48.4. The van der Waals surface area contributed by atoms with Gasteiger partial charge in [0, 0.05) is 6.42 Å². The smallest absolute Gasteiger partial charge is 0.267 e. The van der Waals surface area contributed by atoms with Gasteiger partial charge >= 0.3 is 0 Å². The molecule has 4 saturated carbocycles. The number of amides is 1. The summed E-state index contributed by atoms with van der Waals surface area (Å²) in [6.45, 7) is 6.68. The van der Waals surface area contributed by atoms with E-state index in [1.165, 1.54) is 0 Å². The monoisotopic (exact) mass is 570 g/mol. The molecule has 0 radical (unpaired) electrons. The number of carbonyl (C=O) groups is 1. The quantitative estimate of drug-likeness (QED) is 0.324. The molecule has 0 aromatic carbocycles. The number of aliphatic hydroxyl groups excluding tert-OH is 3. The summed E-state index contributed by atoms with van der Waals surface area (Å²) < 4.78 is 22.5. The van der Waals surface area contributed by atoms with Crippen LogP contribution in [0.4, 0.5) is 5.13 Å². The molecule has 1 heterocycles. The fraction of sp³-hybridized carbons (Fsp3) is 0.885. The van der Waals surface area contributed by atoms with Gasteiger partial charge in [0.25, 0.3) is 10.0 Å². The molecule has 0 saturated heterocycles. The zero-order valence-corrected chi connectivity index (χ0v) is 24.0. The Labute approximate surface area is 228 Å². The molecule has 1 aromatic heterocycles. The Balaban J connectivity index is 1.26. The summed E-state index contributed by atoms with van der Waals surface area (Å²) in [5.41, 5.74) is -0.278. The van der Waals surface area contributed by atoms with Crippen LogP contribution in [0.5, 0.6) is 0 Å². The van der Waals surface area contributed by atoms with E-state index >= 15 is 0 Å². The number of rotatable bonds is 6. The lowest BCUT2D eigenvalue weighted by atomic mass is 9.43. The van der Waals surface area contributed by atoms with Crippen molar-refractivity contribution in [2.24, 2.45) is 51.5 Å². The zero-order valence-electron chi connectivity index (χ0n) is 22.4. The van der Waals surface area contributed by atoms with Gasteiger partial charge in [-0.15, -0.1) is 10.2 Å². The number of hydrogen-bond donors (Lipinski definition) is 5. The Morgan fingerprint density at radius 3 is 2.55 bits per heavy atom. The number of fused-ring (bicyclic) bond motifs is 5. The second-order valence-corrected chi connectivity index (χ2v) is 15.7. The molecule has 38 heavy (non-hydrogen) atoms. The van der Waals surface area contributed by atoms with Gasteiger partial charge < -0.3 is 20.6 Å². The maximum absolute atomic E-state index is 12.6. The Kier molecular flexibility index (Phi) is 7.48. The average molecular weight is 571 g/mol. The molecule has 214 valence electrons. The third-order valence-corrected chi connectivity index (χ3v) is 13.4. The average Bonchev–Trinajstić information content (AvgIpc) is 3.45. The number of hydrogen-bond acceptors (Lipinski definition) is 9. The molecule has 6 N–H and O–H groups in total. The van der Waals surface area contributed by atoms with E-state index in [1.807, 2.05) is 0 Å². The molecule has 12 heteroatoms. The molecule has 1 amide bonds. The van der Waals surface area contributed by atoms with Crippen molar-refractivity contribution in [3.63, 3.8) is 0 Å². The van der Waals surface area contributed by atoms with E-state index in [9.17, 15) is 28.5 Å². The van der Waals surface area contributed by atoms with Crippen molar-refractivity contribution in [2.45, 2.75) is 101 Å². The Morgan fingerprint density at radius 2 is 1.87 bits per heavy atom. The van der Waals surface area contributed by atoms with Crippen LogP contribution in [0.25, 0.3) is 0 Å². The van der Waals surface area contributed by atoms with E-state index in [1.54, 1.807) is 0 Å². The van der Waals surface area contributed by atoms with Gasteiger partial charge in [-0.2, -0.15) is 0 Å². The molecule has 0 spiro atoms. The fourth-order valence-electron chi connectivity index (χ4n) is 9.25. The summed E-state index contributed by atoms with van der Waals surface area (Å²) in [6, 6.07) is 0. The summed E-state index contributed by atoms with van der Waals surface area (Å²) in [7, 11) is -3.96. The van der Waals surface area contributed by atoms with E-state index in [4.69, 9.17) is 5.14 Å². The molecular weight excluding hydrogens is 528 g/mol. The van der Waals surface area contributed by atoms with Crippen molar-refractivity contribution >= 4 is 32.4 Å². The topological polar surface area (TPSA) is 176 Å². The molecule has 4 aliphatic carbocycles. The molecule has 11 atom stereocenters. The second-order valence-electron chi connectivity index (χ2n) is 13.0. The van der Waals surface area contributed by atoms with Gasteiger partial charge in [-0.3, -0.25) is 4.79 Å². The van der Waals surface area contributed by atoms with Gasteiger partial charge in [0.1, 0.15) is 0 Å². The lowest BCUT2D eigenvalue weighted by molar-refractivity contribution is -0.207. The van der Waals surface area contributed by atoms with Crippen LogP contribution >= 0.6 is 11.3 Å². The Hall–Kier alpha value is -1.18. The predicted molar refractivity (Wildman–Crippen MR) is 142 cm³/mol. The maximum atomic E-state index is 12.6. The predicted octanol–water partition coefficient (Wildman–Crippen LogP) is 2.50. The molecule has 0 unspecified atom stereocenters. The minimum Gasteiger partial charge on any atom is -0.393 e. The first-order valence-electron chi connectivity index (χ1n) is 14.0. The van der Waals surface area contributed by atoms with Gasteiger partial charge in [0.2, 0.25) is 15.4 Å². The highest BCUT2D eigenvalue weighted by atomic mass is 32.2. The summed E-state index contributed by atoms with van der Waals surface area (Å²) >= 11 is 0.723. The SMILES string of the molecule is C[C@H](CCC(=O)Nc1nnc(S(N)(=O)=O)s1)[C@H]1CC[C@H]2[C@@H]3[C@H](O)C[C@@H]4C[C@H](O)CC[C@]4(C)[C@H]3C[C@H](O)[C@]12C. The number of sulfonamides is 1. The van der Waals surface area contributed by atoms with E-state index < -0.39 is 22.2 Å². The van der Waals surface area contributed by atoms with Gasteiger partial charge in [-0.25, -0.2) is 13.6 Å². The number of nitrogens with zero attached hydrogens (tertiary/aromatic N) is 2. The van der Waals surface area contributed by atoms with Crippen LogP contribution in [-0.2, 0) is 14.8 Å². The van der Waals surface area contributed by atoms with Crippen LogP contribution in [0.15, 0.2) is 4.34 Å².